The van der Waals surface area contributed by atoms with E-state index < -0.39 is 0 Å². The molecule has 7 heteroatoms. The fourth-order valence-electron chi connectivity index (χ4n) is 3.02. The van der Waals surface area contributed by atoms with Crippen LogP contribution in [-0.4, -0.2) is 34.1 Å². The number of fused-ring (bicyclic) bond motifs is 1. The second kappa shape index (κ2) is 5.20. The number of benzene rings is 1. The van der Waals surface area contributed by atoms with Crippen LogP contribution >= 0.6 is 0 Å². The molecule has 1 aliphatic rings. The molecule has 0 bridgehead atoms. The average molecular weight is 312 g/mol. The number of hydrogen-bond acceptors (Lipinski definition) is 5. The van der Waals surface area contributed by atoms with Crippen molar-refractivity contribution >= 4 is 22.8 Å². The first kappa shape index (κ1) is 14.0. The topological polar surface area (TPSA) is 96.9 Å². The highest BCUT2D eigenvalue weighted by Crippen LogP contribution is 2.31. The predicted octanol–water partition coefficient (Wildman–Crippen LogP) is 1.88. The molecular formula is C16H17FN6. The van der Waals surface area contributed by atoms with E-state index in [9.17, 15) is 4.39 Å². The van der Waals surface area contributed by atoms with Crippen LogP contribution in [0.1, 0.15) is 6.42 Å². The largest absolute Gasteiger partial charge is 0.368 e. The van der Waals surface area contributed by atoms with E-state index in [0.717, 1.165) is 42.0 Å². The molecular weight excluding hydrogens is 295 g/mol. The fraction of sp³-hybridized carbons (Fsp3) is 0.250. The zero-order valence-electron chi connectivity index (χ0n) is 12.5. The van der Waals surface area contributed by atoms with Gasteiger partial charge in [0.15, 0.2) is 0 Å². The number of nitrogen functional groups attached to an aromatic ring is 1. The van der Waals surface area contributed by atoms with Crippen molar-refractivity contribution in [2.45, 2.75) is 12.5 Å². The van der Waals surface area contributed by atoms with Gasteiger partial charge >= 0.3 is 0 Å². The molecule has 4 rings (SSSR count). The van der Waals surface area contributed by atoms with E-state index in [4.69, 9.17) is 11.5 Å². The van der Waals surface area contributed by atoms with E-state index >= 15 is 0 Å². The summed E-state index contributed by atoms with van der Waals surface area (Å²) >= 11 is 0. The first-order valence-electron chi connectivity index (χ1n) is 7.53. The number of aromatic amines is 1. The van der Waals surface area contributed by atoms with Crippen molar-refractivity contribution in [3.63, 3.8) is 0 Å². The van der Waals surface area contributed by atoms with Crippen LogP contribution in [0.15, 0.2) is 30.3 Å². The molecule has 6 nitrogen and oxygen atoms in total. The summed E-state index contributed by atoms with van der Waals surface area (Å²) in [6.45, 7) is 1.60. The summed E-state index contributed by atoms with van der Waals surface area (Å²) in [4.78, 5) is 14.0. The van der Waals surface area contributed by atoms with E-state index in [-0.39, 0.29) is 17.8 Å². The van der Waals surface area contributed by atoms with Gasteiger partial charge in [-0.2, -0.15) is 9.97 Å². The van der Waals surface area contributed by atoms with Crippen molar-refractivity contribution in [3.8, 4) is 11.3 Å². The van der Waals surface area contributed by atoms with Gasteiger partial charge in [-0.1, -0.05) is 0 Å². The van der Waals surface area contributed by atoms with Crippen molar-refractivity contribution in [1.29, 1.82) is 0 Å². The number of nitrogens with zero attached hydrogens (tertiary/aromatic N) is 3. The fourth-order valence-corrected chi connectivity index (χ4v) is 3.02. The highest BCUT2D eigenvalue weighted by atomic mass is 19.1. The molecule has 1 atom stereocenters. The van der Waals surface area contributed by atoms with Gasteiger partial charge in [-0.05, 0) is 42.3 Å². The van der Waals surface area contributed by atoms with E-state index in [1.165, 1.54) is 12.1 Å². The number of halogens is 1. The van der Waals surface area contributed by atoms with Crippen LogP contribution in [0.2, 0.25) is 0 Å². The third-order valence-electron chi connectivity index (χ3n) is 4.16. The molecule has 118 valence electrons. The smallest absolute Gasteiger partial charge is 0.223 e. The lowest BCUT2D eigenvalue weighted by Crippen LogP contribution is -2.27. The van der Waals surface area contributed by atoms with Gasteiger partial charge in [-0.3, -0.25) is 0 Å². The highest BCUT2D eigenvalue weighted by molar-refractivity contribution is 5.93. The molecule has 3 aromatic rings. The van der Waals surface area contributed by atoms with Crippen LogP contribution in [0.4, 0.5) is 16.2 Å². The van der Waals surface area contributed by atoms with Crippen LogP contribution in [-0.2, 0) is 0 Å². The lowest BCUT2D eigenvalue weighted by atomic mass is 10.1. The second-order valence-electron chi connectivity index (χ2n) is 5.85. The van der Waals surface area contributed by atoms with Crippen molar-refractivity contribution in [1.82, 2.24) is 15.0 Å². The molecule has 0 amide bonds. The average Bonchev–Trinajstić information content (AvgIpc) is 3.13. The Morgan fingerprint density at radius 2 is 2.00 bits per heavy atom. The molecule has 1 saturated heterocycles. The number of hydrogen-bond donors (Lipinski definition) is 3. The SMILES string of the molecule is Nc1nc(N2CC[C@@H](N)C2)c2cc(-c3ccc(F)cc3)[nH]c2n1. The van der Waals surface area contributed by atoms with Gasteiger partial charge in [0.1, 0.15) is 17.3 Å². The molecule has 0 spiro atoms. The summed E-state index contributed by atoms with van der Waals surface area (Å²) in [7, 11) is 0. The van der Waals surface area contributed by atoms with Gasteiger partial charge in [0, 0.05) is 24.8 Å². The zero-order chi connectivity index (χ0) is 16.0. The first-order chi connectivity index (χ1) is 11.1. The summed E-state index contributed by atoms with van der Waals surface area (Å²) in [5, 5.41) is 0.896. The Kier molecular flexibility index (Phi) is 3.16. The maximum atomic E-state index is 13.1. The maximum Gasteiger partial charge on any atom is 0.223 e. The van der Waals surface area contributed by atoms with Gasteiger partial charge in [0.05, 0.1) is 5.39 Å². The molecule has 1 aromatic carbocycles. The normalized spacial score (nSPS) is 18.0. The molecule has 0 aliphatic carbocycles. The predicted molar refractivity (Wildman–Crippen MR) is 88.5 cm³/mol. The number of rotatable bonds is 2. The summed E-state index contributed by atoms with van der Waals surface area (Å²) < 4.78 is 13.1. The maximum absolute atomic E-state index is 13.1. The van der Waals surface area contributed by atoms with E-state index in [1.807, 2.05) is 6.07 Å². The number of anilines is 2. The van der Waals surface area contributed by atoms with E-state index in [0.29, 0.717) is 5.65 Å². The van der Waals surface area contributed by atoms with Crippen LogP contribution in [0.25, 0.3) is 22.3 Å². The van der Waals surface area contributed by atoms with Crippen LogP contribution in [0.3, 0.4) is 0 Å². The van der Waals surface area contributed by atoms with Crippen LogP contribution < -0.4 is 16.4 Å². The molecule has 5 N–H and O–H groups in total. The van der Waals surface area contributed by atoms with Crippen molar-refractivity contribution in [3.05, 3.63) is 36.1 Å². The Morgan fingerprint density at radius 1 is 1.22 bits per heavy atom. The second-order valence-corrected chi connectivity index (χ2v) is 5.85. The quantitative estimate of drug-likeness (QED) is 0.671. The highest BCUT2D eigenvalue weighted by Gasteiger charge is 2.23. The molecule has 3 heterocycles. The minimum Gasteiger partial charge on any atom is -0.368 e. The molecule has 23 heavy (non-hydrogen) atoms. The van der Waals surface area contributed by atoms with Gasteiger partial charge in [0.2, 0.25) is 5.95 Å². The number of nitrogens with two attached hydrogens (primary N) is 2. The Labute approximate surface area is 132 Å². The Hall–Kier alpha value is -2.67. The third-order valence-corrected chi connectivity index (χ3v) is 4.16. The Bertz CT molecular complexity index is 857. The number of nitrogens with one attached hydrogen (secondary N) is 1. The molecule has 0 saturated carbocycles. The van der Waals surface area contributed by atoms with Gasteiger partial charge in [0.25, 0.3) is 0 Å². The molecule has 1 fully saturated rings. The van der Waals surface area contributed by atoms with Crippen molar-refractivity contribution < 1.29 is 4.39 Å². The first-order valence-corrected chi connectivity index (χ1v) is 7.53. The minimum absolute atomic E-state index is 0.150. The number of aromatic nitrogens is 3. The van der Waals surface area contributed by atoms with E-state index in [2.05, 4.69) is 19.9 Å². The standard InChI is InChI=1S/C16H17FN6/c17-10-3-1-9(2-4-10)13-7-12-14(20-13)21-16(19)22-15(12)23-6-5-11(18)8-23/h1-4,7,11H,5-6,8,18H2,(H3,19,20,21,22)/t11-/m1/s1. The lowest BCUT2D eigenvalue weighted by Gasteiger charge is -2.17. The van der Waals surface area contributed by atoms with Crippen LogP contribution in [0, 0.1) is 5.82 Å². The third kappa shape index (κ3) is 2.49. The lowest BCUT2D eigenvalue weighted by molar-refractivity contribution is 0.628. The molecule has 1 aliphatic heterocycles. The molecule has 0 unspecified atom stereocenters. The summed E-state index contributed by atoms with van der Waals surface area (Å²) in [6, 6.07) is 8.44. The van der Waals surface area contributed by atoms with E-state index in [1.54, 1.807) is 12.1 Å². The summed E-state index contributed by atoms with van der Waals surface area (Å²) in [5.74, 6) is 0.756. The van der Waals surface area contributed by atoms with Gasteiger partial charge < -0.3 is 21.4 Å². The number of H-pyrrole nitrogens is 1. The van der Waals surface area contributed by atoms with Crippen molar-refractivity contribution in [2.75, 3.05) is 23.7 Å². The van der Waals surface area contributed by atoms with Crippen molar-refractivity contribution in [2.24, 2.45) is 5.73 Å². The molecule has 0 radical (unpaired) electrons. The van der Waals surface area contributed by atoms with Gasteiger partial charge in [-0.25, -0.2) is 4.39 Å². The Morgan fingerprint density at radius 3 is 2.70 bits per heavy atom. The Balaban J connectivity index is 1.83. The monoisotopic (exact) mass is 312 g/mol. The minimum atomic E-state index is -0.263. The van der Waals surface area contributed by atoms with Crippen LogP contribution in [0.5, 0.6) is 0 Å². The zero-order valence-corrected chi connectivity index (χ0v) is 12.5. The summed E-state index contributed by atoms with van der Waals surface area (Å²) in [6.07, 6.45) is 0.931. The summed E-state index contributed by atoms with van der Waals surface area (Å²) in [5.41, 5.74) is 14.2. The van der Waals surface area contributed by atoms with Gasteiger partial charge in [-0.15, -0.1) is 0 Å². The molecule has 2 aromatic heterocycles.